The molecule has 198 valence electrons. The van der Waals surface area contributed by atoms with Gasteiger partial charge in [0.25, 0.3) is 21.6 Å². The summed E-state index contributed by atoms with van der Waals surface area (Å²) in [5.74, 6) is 0.519. The number of aromatic nitrogens is 2. The van der Waals surface area contributed by atoms with Crippen LogP contribution in [-0.2, 0) is 10.1 Å². The highest BCUT2D eigenvalue weighted by Gasteiger charge is 2.28. The summed E-state index contributed by atoms with van der Waals surface area (Å²) in [4.78, 5) is 34.2. The van der Waals surface area contributed by atoms with E-state index in [4.69, 9.17) is 0 Å². The van der Waals surface area contributed by atoms with E-state index in [-0.39, 0.29) is 22.1 Å². The van der Waals surface area contributed by atoms with E-state index in [9.17, 15) is 22.6 Å². The first-order chi connectivity index (χ1) is 17.8. The predicted octanol–water partition coefficient (Wildman–Crippen LogP) is 1.27. The molecule has 0 atom stereocenters. The van der Waals surface area contributed by atoms with Crippen LogP contribution in [-0.4, -0.2) is 64.4 Å². The van der Waals surface area contributed by atoms with Crippen LogP contribution in [0.4, 0.5) is 0 Å². The molecule has 4 heterocycles. The molecular formula is C26H28N6O5S. The summed E-state index contributed by atoms with van der Waals surface area (Å²) in [6.45, 7) is 5.77. The van der Waals surface area contributed by atoms with E-state index in [0.29, 0.717) is 5.56 Å². The molecule has 4 rings (SSSR count). The molecule has 2 aliphatic rings. The van der Waals surface area contributed by atoms with Crippen LogP contribution in [0, 0.1) is 6.92 Å². The van der Waals surface area contributed by atoms with Gasteiger partial charge in [-0.25, -0.2) is 14.6 Å². The molecule has 0 aromatic carbocycles. The molecule has 12 heteroatoms. The SMILES string of the molecule is CC1=C(C)N(C)C(=C/C=C/C=C/C=c2/c(C)c3c(n(-c4cc(S(=O)(=O)O)ccn4)c2=O)=NN(C)C3=O)N1C. The molecule has 0 saturated carbocycles. The molecule has 0 unspecified atom stereocenters. The zero-order valence-electron chi connectivity index (χ0n) is 21.9. The summed E-state index contributed by atoms with van der Waals surface area (Å²) in [5.41, 5.74) is 2.47. The number of nitrogens with zero attached hydrogens (tertiary/aromatic N) is 6. The minimum absolute atomic E-state index is 0.0386. The maximum atomic E-state index is 13.6. The lowest BCUT2D eigenvalue weighted by molar-refractivity contribution is 0.0815. The monoisotopic (exact) mass is 536 g/mol. The predicted molar refractivity (Wildman–Crippen MR) is 142 cm³/mol. The van der Waals surface area contributed by atoms with Crippen LogP contribution in [0.3, 0.4) is 0 Å². The Morgan fingerprint density at radius 3 is 2.13 bits per heavy atom. The van der Waals surface area contributed by atoms with Gasteiger partial charge in [0, 0.05) is 50.0 Å². The highest BCUT2D eigenvalue weighted by Crippen LogP contribution is 2.28. The normalized spacial score (nSPS) is 16.5. The molecule has 0 spiro atoms. The van der Waals surface area contributed by atoms with Crippen molar-refractivity contribution < 1.29 is 17.8 Å². The van der Waals surface area contributed by atoms with Crippen molar-refractivity contribution in [2.45, 2.75) is 25.7 Å². The number of fused-ring (bicyclic) bond motifs is 1. The highest BCUT2D eigenvalue weighted by molar-refractivity contribution is 7.85. The average molecular weight is 537 g/mol. The Kier molecular flexibility index (Phi) is 6.96. The first-order valence-electron chi connectivity index (χ1n) is 11.6. The number of carbonyl (C=O) groups is 1. The molecule has 0 fully saturated rings. The largest absolute Gasteiger partial charge is 0.333 e. The third-order valence-electron chi connectivity index (χ3n) is 6.70. The molecule has 0 aliphatic carbocycles. The number of pyridine rings is 2. The Hall–Kier alpha value is -4.29. The summed E-state index contributed by atoms with van der Waals surface area (Å²) in [6.07, 6.45) is 11.8. The van der Waals surface area contributed by atoms with Gasteiger partial charge in [-0.15, -0.1) is 0 Å². The first-order valence-corrected chi connectivity index (χ1v) is 13.0. The Labute approximate surface area is 220 Å². The fourth-order valence-electron chi connectivity index (χ4n) is 4.28. The molecule has 0 saturated heterocycles. The number of rotatable bonds is 5. The summed E-state index contributed by atoms with van der Waals surface area (Å²) in [5, 5.41) is 5.50. The van der Waals surface area contributed by atoms with Gasteiger partial charge in [0.1, 0.15) is 11.6 Å². The molecule has 11 nitrogen and oxygen atoms in total. The molecule has 0 radical (unpaired) electrons. The number of hydrogen-bond acceptors (Lipinski definition) is 8. The highest BCUT2D eigenvalue weighted by atomic mass is 32.2. The van der Waals surface area contributed by atoms with Crippen molar-refractivity contribution in [3.05, 3.63) is 98.1 Å². The lowest BCUT2D eigenvalue weighted by Crippen LogP contribution is -2.45. The van der Waals surface area contributed by atoms with Crippen LogP contribution in [0.1, 0.15) is 29.8 Å². The van der Waals surface area contributed by atoms with E-state index in [0.717, 1.165) is 33.7 Å². The van der Waals surface area contributed by atoms with Crippen molar-refractivity contribution in [2.24, 2.45) is 5.10 Å². The second-order valence-corrected chi connectivity index (χ2v) is 10.3. The minimum Gasteiger partial charge on any atom is -0.333 e. The van der Waals surface area contributed by atoms with Crippen LogP contribution in [0.25, 0.3) is 11.9 Å². The van der Waals surface area contributed by atoms with Crippen molar-refractivity contribution in [1.29, 1.82) is 0 Å². The van der Waals surface area contributed by atoms with Gasteiger partial charge in [0.15, 0.2) is 5.49 Å². The third-order valence-corrected chi connectivity index (χ3v) is 7.55. The molecule has 2 aromatic heterocycles. The van der Waals surface area contributed by atoms with Crippen LogP contribution in [0.5, 0.6) is 0 Å². The Balaban J connectivity index is 1.79. The fourth-order valence-corrected chi connectivity index (χ4v) is 4.77. The van der Waals surface area contributed by atoms with Crippen LogP contribution in [0.15, 0.2) is 80.7 Å². The zero-order chi connectivity index (χ0) is 27.9. The standard InChI is InChI=1S/C26H28N6O5S/c1-16-20(11-9-7-8-10-12-22-29(4)17(2)18(3)30(22)5)25(33)32(24-23(16)26(34)31(6)28-24)21-15-19(13-14-27-21)38(35,36)37/h7-15H,1-6H3,(H,35,36,37)/b9-7+,10-8+,20-11-. The van der Waals surface area contributed by atoms with E-state index in [1.54, 1.807) is 25.2 Å². The van der Waals surface area contributed by atoms with Gasteiger partial charge >= 0.3 is 0 Å². The molecule has 2 aromatic rings. The lowest BCUT2D eigenvalue weighted by atomic mass is 10.1. The number of allylic oxidation sites excluding steroid dienone is 7. The minimum atomic E-state index is -4.55. The van der Waals surface area contributed by atoms with Gasteiger partial charge in [-0.1, -0.05) is 24.3 Å². The van der Waals surface area contributed by atoms with E-state index < -0.39 is 26.5 Å². The summed E-state index contributed by atoms with van der Waals surface area (Å²) in [6, 6.07) is 2.15. The van der Waals surface area contributed by atoms with Crippen molar-refractivity contribution in [3.63, 3.8) is 0 Å². The number of hydrogen-bond donors (Lipinski definition) is 1. The summed E-state index contributed by atoms with van der Waals surface area (Å²) < 4.78 is 33.8. The van der Waals surface area contributed by atoms with Crippen LogP contribution >= 0.6 is 0 Å². The first kappa shape index (κ1) is 26.8. The van der Waals surface area contributed by atoms with Crippen molar-refractivity contribution in [2.75, 3.05) is 21.1 Å². The number of amides is 1. The average Bonchev–Trinajstić information content (AvgIpc) is 3.25. The Morgan fingerprint density at radius 2 is 1.53 bits per heavy atom. The van der Waals surface area contributed by atoms with E-state index in [1.807, 2.05) is 32.3 Å². The second-order valence-electron chi connectivity index (χ2n) is 8.88. The van der Waals surface area contributed by atoms with E-state index in [1.165, 1.54) is 18.4 Å². The molecular weight excluding hydrogens is 508 g/mol. The van der Waals surface area contributed by atoms with Crippen LogP contribution in [0.2, 0.25) is 0 Å². The third kappa shape index (κ3) is 4.59. The van der Waals surface area contributed by atoms with Crippen LogP contribution < -0.4 is 16.3 Å². The summed E-state index contributed by atoms with van der Waals surface area (Å²) in [7, 11) is 0.909. The topological polar surface area (TPSA) is 128 Å². The molecule has 1 amide bonds. The number of carbonyl (C=O) groups excluding carboxylic acids is 1. The van der Waals surface area contributed by atoms with Gasteiger partial charge in [-0.3, -0.25) is 14.1 Å². The van der Waals surface area contributed by atoms with E-state index in [2.05, 4.69) is 33.7 Å². The van der Waals surface area contributed by atoms with Crippen molar-refractivity contribution >= 4 is 22.1 Å². The van der Waals surface area contributed by atoms with Crippen molar-refractivity contribution in [1.82, 2.24) is 24.4 Å². The molecule has 2 aliphatic heterocycles. The molecule has 1 N–H and O–H groups in total. The lowest BCUT2D eigenvalue weighted by Gasteiger charge is -2.19. The zero-order valence-corrected chi connectivity index (χ0v) is 22.7. The van der Waals surface area contributed by atoms with E-state index >= 15 is 0 Å². The van der Waals surface area contributed by atoms with Crippen molar-refractivity contribution in [3.8, 4) is 5.82 Å². The maximum Gasteiger partial charge on any atom is 0.294 e. The fraction of sp³-hybridized carbons (Fsp3) is 0.231. The molecule has 0 bridgehead atoms. The Morgan fingerprint density at radius 1 is 0.921 bits per heavy atom. The second kappa shape index (κ2) is 9.88. The Bertz CT molecular complexity index is 1750. The van der Waals surface area contributed by atoms with Gasteiger partial charge < -0.3 is 9.80 Å². The van der Waals surface area contributed by atoms with Gasteiger partial charge in [0.05, 0.1) is 10.5 Å². The van der Waals surface area contributed by atoms with Gasteiger partial charge in [0.2, 0.25) is 0 Å². The smallest absolute Gasteiger partial charge is 0.294 e. The molecule has 38 heavy (non-hydrogen) atoms. The van der Waals surface area contributed by atoms with Gasteiger partial charge in [-0.2, -0.15) is 13.5 Å². The van der Waals surface area contributed by atoms with Gasteiger partial charge in [-0.05, 0) is 44.6 Å². The summed E-state index contributed by atoms with van der Waals surface area (Å²) >= 11 is 0. The quantitative estimate of drug-likeness (QED) is 0.447. The maximum absolute atomic E-state index is 13.6.